The molecule has 76 valence electrons. The lowest BCUT2D eigenvalue weighted by Crippen LogP contribution is -2.07. The minimum absolute atomic E-state index is 0.447. The molecule has 14 heavy (non-hydrogen) atoms. The Morgan fingerprint density at radius 3 is 2.29 bits per heavy atom. The third kappa shape index (κ3) is 2.01. The second-order valence-electron chi connectivity index (χ2n) is 3.49. The summed E-state index contributed by atoms with van der Waals surface area (Å²) in [6.07, 6.45) is 1.13. The maximum absolute atomic E-state index is 5.96. The smallest absolute Gasteiger partial charge is 0.0778 e. The molecule has 1 aromatic rings. The van der Waals surface area contributed by atoms with Crippen molar-refractivity contribution in [1.29, 1.82) is 0 Å². The Labute approximate surface area is 98.3 Å². The van der Waals surface area contributed by atoms with E-state index in [0.717, 1.165) is 19.5 Å². The van der Waals surface area contributed by atoms with Gasteiger partial charge in [0.05, 0.1) is 15.1 Å². The summed E-state index contributed by atoms with van der Waals surface area (Å²) in [5.41, 5.74) is 1.18. The average molecular weight is 251 g/mol. The molecule has 1 heterocycles. The van der Waals surface area contributed by atoms with E-state index >= 15 is 0 Å². The molecule has 0 spiro atoms. The summed E-state index contributed by atoms with van der Waals surface area (Å²) >= 11 is 17.8. The first kappa shape index (κ1) is 10.6. The maximum Gasteiger partial charge on any atom is 0.0778 e. The maximum atomic E-state index is 5.96. The summed E-state index contributed by atoms with van der Waals surface area (Å²) in [5.74, 6) is 0.516. The Bertz CT molecular complexity index is 322. The van der Waals surface area contributed by atoms with Crippen LogP contribution in [0, 0.1) is 0 Å². The summed E-state index contributed by atoms with van der Waals surface area (Å²) in [7, 11) is 0. The van der Waals surface area contributed by atoms with Crippen LogP contribution in [0.25, 0.3) is 0 Å². The highest BCUT2D eigenvalue weighted by Gasteiger charge is 2.18. The van der Waals surface area contributed by atoms with E-state index in [0.29, 0.717) is 21.0 Å². The van der Waals surface area contributed by atoms with Gasteiger partial charge in [0, 0.05) is 6.54 Å². The van der Waals surface area contributed by atoms with Crippen molar-refractivity contribution in [2.75, 3.05) is 13.1 Å². The van der Waals surface area contributed by atoms with Crippen molar-refractivity contribution in [3.05, 3.63) is 32.8 Å². The first-order valence-electron chi connectivity index (χ1n) is 4.53. The number of rotatable bonds is 1. The molecule has 1 atom stereocenters. The fourth-order valence-corrected chi connectivity index (χ4v) is 2.36. The highest BCUT2D eigenvalue weighted by molar-refractivity contribution is 6.48. The van der Waals surface area contributed by atoms with Crippen molar-refractivity contribution in [3.63, 3.8) is 0 Å². The van der Waals surface area contributed by atoms with E-state index < -0.39 is 0 Å². The van der Waals surface area contributed by atoms with Crippen LogP contribution in [-0.4, -0.2) is 13.1 Å². The number of nitrogens with one attached hydrogen (secondary N) is 1. The van der Waals surface area contributed by atoms with Crippen molar-refractivity contribution in [3.8, 4) is 0 Å². The molecule has 1 fully saturated rings. The molecule has 0 radical (unpaired) electrons. The Hall–Kier alpha value is 0.0500. The molecular weight excluding hydrogens is 240 g/mol. The predicted octanol–water partition coefficient (Wildman–Crippen LogP) is 3.72. The van der Waals surface area contributed by atoms with Gasteiger partial charge in [0.2, 0.25) is 0 Å². The van der Waals surface area contributed by atoms with Crippen LogP contribution >= 0.6 is 34.8 Å². The highest BCUT2D eigenvalue weighted by atomic mass is 35.5. The van der Waals surface area contributed by atoms with Crippen LogP contribution < -0.4 is 5.32 Å². The molecule has 1 unspecified atom stereocenters. The predicted molar refractivity (Wildman–Crippen MR) is 61.7 cm³/mol. The standard InChI is InChI=1S/C10H10Cl3N/c11-8-3-7(4-9(12)10(8)13)6-1-2-14-5-6/h3-4,6,14H,1-2,5H2. The lowest BCUT2D eigenvalue weighted by atomic mass is 9.99. The fraction of sp³-hybridized carbons (Fsp3) is 0.400. The van der Waals surface area contributed by atoms with Crippen LogP contribution in [0.5, 0.6) is 0 Å². The van der Waals surface area contributed by atoms with Crippen molar-refractivity contribution in [1.82, 2.24) is 5.32 Å². The molecule has 1 aliphatic heterocycles. The van der Waals surface area contributed by atoms with E-state index in [9.17, 15) is 0 Å². The monoisotopic (exact) mass is 249 g/mol. The molecular formula is C10H10Cl3N. The van der Waals surface area contributed by atoms with Crippen LogP contribution in [-0.2, 0) is 0 Å². The largest absolute Gasteiger partial charge is 0.316 e. The topological polar surface area (TPSA) is 12.0 Å². The van der Waals surface area contributed by atoms with Crippen molar-refractivity contribution < 1.29 is 0 Å². The lowest BCUT2D eigenvalue weighted by Gasteiger charge is -2.10. The molecule has 0 bridgehead atoms. The van der Waals surface area contributed by atoms with Gasteiger partial charge in [-0.15, -0.1) is 0 Å². The van der Waals surface area contributed by atoms with Crippen molar-refractivity contribution in [2.45, 2.75) is 12.3 Å². The van der Waals surface area contributed by atoms with Gasteiger partial charge in [0.1, 0.15) is 0 Å². The van der Waals surface area contributed by atoms with Crippen LogP contribution in [0.15, 0.2) is 12.1 Å². The third-order valence-electron chi connectivity index (χ3n) is 2.54. The number of halogens is 3. The van der Waals surface area contributed by atoms with Gasteiger partial charge < -0.3 is 5.32 Å². The average Bonchev–Trinajstić information content (AvgIpc) is 2.66. The second kappa shape index (κ2) is 4.28. The molecule has 1 aromatic carbocycles. The Balaban J connectivity index is 2.34. The first-order chi connectivity index (χ1) is 6.68. The normalized spacial score (nSPS) is 21.5. The zero-order valence-corrected chi connectivity index (χ0v) is 9.76. The summed E-state index contributed by atoms with van der Waals surface area (Å²) in [6.45, 7) is 2.05. The molecule has 0 amide bonds. The minimum atomic E-state index is 0.447. The van der Waals surface area contributed by atoms with E-state index in [2.05, 4.69) is 5.32 Å². The zero-order valence-electron chi connectivity index (χ0n) is 7.49. The number of benzene rings is 1. The Kier molecular flexibility index (Phi) is 3.23. The van der Waals surface area contributed by atoms with Crippen LogP contribution in [0.4, 0.5) is 0 Å². The molecule has 0 aliphatic carbocycles. The molecule has 0 aromatic heterocycles. The molecule has 1 aliphatic rings. The van der Waals surface area contributed by atoms with E-state index in [1.165, 1.54) is 5.56 Å². The van der Waals surface area contributed by atoms with E-state index in [-0.39, 0.29) is 0 Å². The van der Waals surface area contributed by atoms with Gasteiger partial charge in [0.25, 0.3) is 0 Å². The number of hydrogen-bond acceptors (Lipinski definition) is 1. The third-order valence-corrected chi connectivity index (χ3v) is 3.73. The van der Waals surface area contributed by atoms with Gasteiger partial charge >= 0.3 is 0 Å². The first-order valence-corrected chi connectivity index (χ1v) is 5.67. The summed E-state index contributed by atoms with van der Waals surface area (Å²) < 4.78 is 0. The molecule has 1 nitrogen and oxygen atoms in total. The van der Waals surface area contributed by atoms with Gasteiger partial charge in [-0.1, -0.05) is 34.8 Å². The van der Waals surface area contributed by atoms with Gasteiger partial charge in [-0.05, 0) is 36.6 Å². The van der Waals surface area contributed by atoms with Gasteiger partial charge in [0.15, 0.2) is 0 Å². The van der Waals surface area contributed by atoms with Crippen molar-refractivity contribution in [2.24, 2.45) is 0 Å². The van der Waals surface area contributed by atoms with Gasteiger partial charge in [-0.3, -0.25) is 0 Å². The minimum Gasteiger partial charge on any atom is -0.316 e. The summed E-state index contributed by atoms with van der Waals surface area (Å²) in [6, 6.07) is 3.82. The molecule has 1 saturated heterocycles. The van der Waals surface area contributed by atoms with E-state index in [1.807, 2.05) is 12.1 Å². The summed E-state index contributed by atoms with van der Waals surface area (Å²) in [4.78, 5) is 0. The van der Waals surface area contributed by atoms with E-state index in [1.54, 1.807) is 0 Å². The van der Waals surface area contributed by atoms with Crippen LogP contribution in [0.1, 0.15) is 17.9 Å². The molecule has 0 saturated carbocycles. The zero-order chi connectivity index (χ0) is 10.1. The number of hydrogen-bond donors (Lipinski definition) is 1. The molecule has 4 heteroatoms. The van der Waals surface area contributed by atoms with Crippen LogP contribution in [0.2, 0.25) is 15.1 Å². The SMILES string of the molecule is Clc1cc(C2CCNC2)cc(Cl)c1Cl. The Morgan fingerprint density at radius 2 is 1.79 bits per heavy atom. The molecule has 2 rings (SSSR count). The highest BCUT2D eigenvalue weighted by Crippen LogP contribution is 2.34. The molecule has 1 N–H and O–H groups in total. The van der Waals surface area contributed by atoms with Crippen molar-refractivity contribution >= 4 is 34.8 Å². The second-order valence-corrected chi connectivity index (χ2v) is 4.68. The summed E-state index contributed by atoms with van der Waals surface area (Å²) in [5, 5.41) is 4.84. The lowest BCUT2D eigenvalue weighted by molar-refractivity contribution is 0.763. The van der Waals surface area contributed by atoms with Gasteiger partial charge in [-0.2, -0.15) is 0 Å². The van der Waals surface area contributed by atoms with Crippen LogP contribution in [0.3, 0.4) is 0 Å². The fourth-order valence-electron chi connectivity index (χ4n) is 1.75. The Morgan fingerprint density at radius 1 is 1.14 bits per heavy atom. The van der Waals surface area contributed by atoms with Gasteiger partial charge in [-0.25, -0.2) is 0 Å². The quantitative estimate of drug-likeness (QED) is 0.749. The van der Waals surface area contributed by atoms with E-state index in [4.69, 9.17) is 34.8 Å².